The molecule has 0 amide bonds. The Kier molecular flexibility index (Phi) is 6.73. The minimum Gasteiger partial charge on any atom is -0.496 e. The summed E-state index contributed by atoms with van der Waals surface area (Å²) in [6.45, 7) is 4.28. The predicted octanol–water partition coefficient (Wildman–Crippen LogP) is 6.44. The molecule has 0 saturated carbocycles. The van der Waals surface area contributed by atoms with Crippen LogP contribution in [0, 0.1) is 13.8 Å². The SMILES string of the molecule is COc1ccc(/C=C/C(=O)c2ccc(C)cc2)cc1COc1ccc(C)cc1Cl. The topological polar surface area (TPSA) is 35.5 Å². The zero-order valence-corrected chi connectivity index (χ0v) is 17.5. The van der Waals surface area contributed by atoms with Crippen LogP contribution in [-0.4, -0.2) is 12.9 Å². The van der Waals surface area contributed by atoms with Crippen molar-refractivity contribution in [2.75, 3.05) is 7.11 Å². The predicted molar refractivity (Wildman–Crippen MR) is 118 cm³/mol. The number of hydrogen-bond acceptors (Lipinski definition) is 3. The van der Waals surface area contributed by atoms with E-state index in [1.807, 2.05) is 74.5 Å². The molecule has 0 N–H and O–H groups in total. The van der Waals surface area contributed by atoms with Crippen molar-refractivity contribution in [1.29, 1.82) is 0 Å². The highest BCUT2D eigenvalue weighted by atomic mass is 35.5. The molecule has 29 heavy (non-hydrogen) atoms. The van der Waals surface area contributed by atoms with Gasteiger partial charge in [-0.25, -0.2) is 0 Å². The first-order valence-corrected chi connectivity index (χ1v) is 9.69. The Morgan fingerprint density at radius 2 is 1.62 bits per heavy atom. The van der Waals surface area contributed by atoms with Crippen molar-refractivity contribution in [3.8, 4) is 11.5 Å². The van der Waals surface area contributed by atoms with Gasteiger partial charge in [-0.3, -0.25) is 4.79 Å². The van der Waals surface area contributed by atoms with Crippen molar-refractivity contribution < 1.29 is 14.3 Å². The van der Waals surface area contributed by atoms with E-state index in [0.29, 0.717) is 22.9 Å². The Bertz CT molecular complexity index is 1040. The quantitative estimate of drug-likeness (QED) is 0.334. The number of benzene rings is 3. The smallest absolute Gasteiger partial charge is 0.185 e. The summed E-state index contributed by atoms with van der Waals surface area (Å²) in [6, 6.07) is 18.9. The van der Waals surface area contributed by atoms with Crippen LogP contribution in [0.15, 0.2) is 66.7 Å². The van der Waals surface area contributed by atoms with E-state index < -0.39 is 0 Å². The second-order valence-corrected chi connectivity index (χ2v) is 7.26. The van der Waals surface area contributed by atoms with Crippen LogP contribution in [0.1, 0.15) is 32.6 Å². The van der Waals surface area contributed by atoms with E-state index in [1.54, 1.807) is 19.3 Å². The minimum atomic E-state index is -0.0370. The molecular weight excluding hydrogens is 384 g/mol. The van der Waals surface area contributed by atoms with E-state index in [-0.39, 0.29) is 5.78 Å². The summed E-state index contributed by atoms with van der Waals surface area (Å²) in [5, 5.41) is 0.573. The number of halogens is 1. The van der Waals surface area contributed by atoms with Crippen LogP contribution in [0.25, 0.3) is 6.08 Å². The number of carbonyl (C=O) groups is 1. The summed E-state index contributed by atoms with van der Waals surface area (Å²) in [5.41, 5.74) is 4.62. The number of aryl methyl sites for hydroxylation is 2. The van der Waals surface area contributed by atoms with Crippen LogP contribution in [-0.2, 0) is 6.61 Å². The Morgan fingerprint density at radius 1 is 0.931 bits per heavy atom. The molecule has 0 fully saturated rings. The van der Waals surface area contributed by atoms with Crippen LogP contribution in [0.5, 0.6) is 11.5 Å². The average Bonchev–Trinajstić information content (AvgIpc) is 2.72. The first-order chi connectivity index (χ1) is 14.0. The normalized spacial score (nSPS) is 10.9. The zero-order chi connectivity index (χ0) is 20.8. The van der Waals surface area contributed by atoms with Crippen molar-refractivity contribution in [3.05, 3.63) is 99.6 Å². The number of ether oxygens (including phenoxy) is 2. The molecule has 0 aromatic heterocycles. The number of rotatable bonds is 7. The molecule has 0 radical (unpaired) electrons. The maximum absolute atomic E-state index is 12.4. The summed E-state index contributed by atoms with van der Waals surface area (Å²) in [4.78, 5) is 12.4. The van der Waals surface area contributed by atoms with Crippen molar-refractivity contribution in [2.24, 2.45) is 0 Å². The van der Waals surface area contributed by atoms with Gasteiger partial charge in [-0.15, -0.1) is 0 Å². The third kappa shape index (κ3) is 5.49. The van der Waals surface area contributed by atoms with Crippen molar-refractivity contribution in [2.45, 2.75) is 20.5 Å². The maximum atomic E-state index is 12.4. The lowest BCUT2D eigenvalue weighted by atomic mass is 10.1. The molecule has 0 spiro atoms. The number of allylic oxidation sites excluding steroid dienone is 1. The van der Waals surface area contributed by atoms with Gasteiger partial charge in [-0.05, 0) is 55.3 Å². The molecule has 0 atom stereocenters. The van der Waals surface area contributed by atoms with Crippen LogP contribution in [0.4, 0.5) is 0 Å². The molecule has 4 heteroatoms. The molecule has 0 unspecified atom stereocenters. The first kappa shape index (κ1) is 20.7. The summed E-state index contributed by atoms with van der Waals surface area (Å²) < 4.78 is 11.3. The highest BCUT2D eigenvalue weighted by Gasteiger charge is 2.08. The van der Waals surface area contributed by atoms with E-state index >= 15 is 0 Å². The fourth-order valence-corrected chi connectivity index (χ4v) is 3.17. The molecule has 3 aromatic rings. The minimum absolute atomic E-state index is 0.0370. The second-order valence-electron chi connectivity index (χ2n) is 6.86. The van der Waals surface area contributed by atoms with Gasteiger partial charge in [0.05, 0.1) is 12.1 Å². The molecular formula is C25H23ClO3. The highest BCUT2D eigenvalue weighted by molar-refractivity contribution is 6.32. The molecule has 0 aliphatic rings. The second kappa shape index (κ2) is 9.44. The Hall–Kier alpha value is -3.04. The molecule has 0 aliphatic heterocycles. The van der Waals surface area contributed by atoms with Crippen LogP contribution in [0.3, 0.4) is 0 Å². The lowest BCUT2D eigenvalue weighted by Gasteiger charge is -2.12. The highest BCUT2D eigenvalue weighted by Crippen LogP contribution is 2.28. The van der Waals surface area contributed by atoms with E-state index in [9.17, 15) is 4.79 Å². The van der Waals surface area contributed by atoms with Crippen molar-refractivity contribution in [3.63, 3.8) is 0 Å². The van der Waals surface area contributed by atoms with Crippen LogP contribution in [0.2, 0.25) is 5.02 Å². The monoisotopic (exact) mass is 406 g/mol. The van der Waals surface area contributed by atoms with Crippen LogP contribution < -0.4 is 9.47 Å². The lowest BCUT2D eigenvalue weighted by Crippen LogP contribution is -2.00. The van der Waals surface area contributed by atoms with Gasteiger partial charge < -0.3 is 9.47 Å². The summed E-state index contributed by atoms with van der Waals surface area (Å²) in [6.07, 6.45) is 3.37. The first-order valence-electron chi connectivity index (χ1n) is 9.31. The number of ketones is 1. The van der Waals surface area contributed by atoms with Gasteiger partial charge in [0, 0.05) is 11.1 Å². The van der Waals surface area contributed by atoms with Gasteiger partial charge in [0.15, 0.2) is 5.78 Å². The zero-order valence-electron chi connectivity index (χ0n) is 16.7. The third-order valence-electron chi connectivity index (χ3n) is 4.54. The van der Waals surface area contributed by atoms with Gasteiger partial charge in [0.1, 0.15) is 18.1 Å². The Labute approximate surface area is 176 Å². The molecule has 3 aromatic carbocycles. The molecule has 0 aliphatic carbocycles. The van der Waals surface area contributed by atoms with Gasteiger partial charge in [0.25, 0.3) is 0 Å². The number of hydrogen-bond donors (Lipinski definition) is 0. The fraction of sp³-hybridized carbons (Fsp3) is 0.160. The van der Waals surface area contributed by atoms with E-state index in [4.69, 9.17) is 21.1 Å². The Morgan fingerprint density at radius 3 is 2.31 bits per heavy atom. The molecule has 0 saturated heterocycles. The van der Waals surface area contributed by atoms with Crippen molar-refractivity contribution in [1.82, 2.24) is 0 Å². The molecule has 0 heterocycles. The van der Waals surface area contributed by atoms with E-state index in [1.165, 1.54) is 0 Å². The Balaban J connectivity index is 1.75. The van der Waals surface area contributed by atoms with E-state index in [0.717, 1.165) is 28.0 Å². The van der Waals surface area contributed by atoms with E-state index in [2.05, 4.69) is 0 Å². The molecule has 3 rings (SSSR count). The van der Waals surface area contributed by atoms with Crippen LogP contribution >= 0.6 is 11.6 Å². The average molecular weight is 407 g/mol. The standard InChI is InChI=1S/C25H23ClO3/c1-17-4-9-20(10-5-17)23(27)11-7-19-8-13-24(28-3)21(15-19)16-29-25-12-6-18(2)14-22(25)26/h4-15H,16H2,1-3H3/b11-7+. The largest absolute Gasteiger partial charge is 0.496 e. The number of methoxy groups -OCH3 is 1. The van der Waals surface area contributed by atoms with Gasteiger partial charge in [0.2, 0.25) is 0 Å². The molecule has 0 bridgehead atoms. The van der Waals surface area contributed by atoms with Gasteiger partial charge >= 0.3 is 0 Å². The van der Waals surface area contributed by atoms with Gasteiger partial charge in [-0.2, -0.15) is 0 Å². The fourth-order valence-electron chi connectivity index (χ4n) is 2.88. The molecule has 148 valence electrons. The third-order valence-corrected chi connectivity index (χ3v) is 4.83. The number of carbonyl (C=O) groups excluding carboxylic acids is 1. The summed E-state index contributed by atoms with van der Waals surface area (Å²) in [5.74, 6) is 1.30. The van der Waals surface area contributed by atoms with Crippen molar-refractivity contribution >= 4 is 23.5 Å². The summed E-state index contributed by atoms with van der Waals surface area (Å²) in [7, 11) is 1.62. The maximum Gasteiger partial charge on any atom is 0.185 e. The molecule has 3 nitrogen and oxygen atoms in total. The summed E-state index contributed by atoms with van der Waals surface area (Å²) >= 11 is 6.25. The lowest BCUT2D eigenvalue weighted by molar-refractivity contribution is 0.104. The van der Waals surface area contributed by atoms with Gasteiger partial charge in [-0.1, -0.05) is 59.6 Å².